The molecule has 0 aromatic carbocycles. The molecule has 0 saturated heterocycles. The number of hydrogen-bond donors (Lipinski definition) is 2. The SMILES string of the molecule is C=C(C)C(=O)NC(O)CC. The lowest BCUT2D eigenvalue weighted by molar-refractivity contribution is -0.120. The summed E-state index contributed by atoms with van der Waals surface area (Å²) in [7, 11) is 0. The highest BCUT2D eigenvalue weighted by atomic mass is 16.3. The molecule has 58 valence electrons. The highest BCUT2D eigenvalue weighted by molar-refractivity contribution is 5.92. The van der Waals surface area contributed by atoms with Crippen LogP contribution in [0.2, 0.25) is 0 Å². The van der Waals surface area contributed by atoms with Gasteiger partial charge in [0.05, 0.1) is 0 Å². The predicted octanol–water partition coefficient (Wildman–Crippen LogP) is 0.407. The lowest BCUT2D eigenvalue weighted by Gasteiger charge is -2.09. The van der Waals surface area contributed by atoms with Crippen molar-refractivity contribution in [3.8, 4) is 0 Å². The van der Waals surface area contributed by atoms with Crippen LogP contribution >= 0.6 is 0 Å². The molecule has 0 radical (unpaired) electrons. The van der Waals surface area contributed by atoms with E-state index in [0.29, 0.717) is 12.0 Å². The van der Waals surface area contributed by atoms with Crippen molar-refractivity contribution in [2.24, 2.45) is 0 Å². The molecule has 2 N–H and O–H groups in total. The molecule has 3 heteroatoms. The van der Waals surface area contributed by atoms with Crippen LogP contribution in [0.3, 0.4) is 0 Å². The zero-order valence-corrected chi connectivity index (χ0v) is 6.35. The number of aliphatic hydroxyl groups excluding tert-OH is 1. The van der Waals surface area contributed by atoms with Crippen molar-refractivity contribution in [3.05, 3.63) is 12.2 Å². The molecule has 0 heterocycles. The minimum absolute atomic E-state index is 0.297. The average Bonchev–Trinajstić information content (AvgIpc) is 1.87. The van der Waals surface area contributed by atoms with Gasteiger partial charge in [-0.3, -0.25) is 4.79 Å². The van der Waals surface area contributed by atoms with Gasteiger partial charge >= 0.3 is 0 Å². The Hall–Kier alpha value is -0.830. The van der Waals surface area contributed by atoms with E-state index in [0.717, 1.165) is 0 Å². The van der Waals surface area contributed by atoms with E-state index in [-0.39, 0.29) is 5.91 Å². The molecule has 0 aromatic heterocycles. The molecule has 3 nitrogen and oxygen atoms in total. The zero-order chi connectivity index (χ0) is 8.15. The van der Waals surface area contributed by atoms with Gasteiger partial charge in [-0.15, -0.1) is 0 Å². The van der Waals surface area contributed by atoms with Crippen molar-refractivity contribution in [2.75, 3.05) is 0 Å². The number of nitrogens with one attached hydrogen (secondary N) is 1. The quantitative estimate of drug-likeness (QED) is 0.444. The zero-order valence-electron chi connectivity index (χ0n) is 6.35. The molecular formula is C7H13NO2. The second kappa shape index (κ2) is 4.06. The van der Waals surface area contributed by atoms with Crippen LogP contribution in [0.5, 0.6) is 0 Å². The summed E-state index contributed by atoms with van der Waals surface area (Å²) < 4.78 is 0. The fraction of sp³-hybridized carbons (Fsp3) is 0.571. The van der Waals surface area contributed by atoms with Crippen LogP contribution in [0, 0.1) is 0 Å². The van der Waals surface area contributed by atoms with Gasteiger partial charge in [0.2, 0.25) is 5.91 Å². The molecule has 0 aliphatic rings. The lowest BCUT2D eigenvalue weighted by atomic mass is 10.3. The molecular weight excluding hydrogens is 130 g/mol. The summed E-state index contributed by atoms with van der Waals surface area (Å²) in [6.45, 7) is 6.80. The molecule has 1 atom stereocenters. The molecule has 0 aromatic rings. The van der Waals surface area contributed by atoms with Crippen molar-refractivity contribution in [3.63, 3.8) is 0 Å². The van der Waals surface area contributed by atoms with E-state index in [1.165, 1.54) is 0 Å². The molecule has 0 rings (SSSR count). The van der Waals surface area contributed by atoms with Crippen molar-refractivity contribution >= 4 is 5.91 Å². The second-order valence-electron chi connectivity index (χ2n) is 2.18. The van der Waals surface area contributed by atoms with Gasteiger partial charge in [-0.05, 0) is 13.3 Å². The van der Waals surface area contributed by atoms with Gasteiger partial charge in [-0.25, -0.2) is 0 Å². The monoisotopic (exact) mass is 143 g/mol. The summed E-state index contributed by atoms with van der Waals surface area (Å²) in [5.74, 6) is -0.297. The van der Waals surface area contributed by atoms with E-state index >= 15 is 0 Å². The van der Waals surface area contributed by atoms with Gasteiger partial charge in [0.25, 0.3) is 0 Å². The summed E-state index contributed by atoms with van der Waals surface area (Å²) >= 11 is 0. The first-order valence-corrected chi connectivity index (χ1v) is 3.22. The molecule has 0 aliphatic heterocycles. The number of hydrogen-bond acceptors (Lipinski definition) is 2. The first-order valence-electron chi connectivity index (χ1n) is 3.22. The van der Waals surface area contributed by atoms with Crippen molar-refractivity contribution in [2.45, 2.75) is 26.5 Å². The van der Waals surface area contributed by atoms with Gasteiger partial charge in [0.15, 0.2) is 0 Å². The molecule has 0 spiro atoms. The van der Waals surface area contributed by atoms with Gasteiger partial charge in [0.1, 0.15) is 6.23 Å². The first kappa shape index (κ1) is 9.17. The molecule has 10 heavy (non-hydrogen) atoms. The molecule has 1 unspecified atom stereocenters. The van der Waals surface area contributed by atoms with Crippen LogP contribution in [-0.2, 0) is 4.79 Å². The lowest BCUT2D eigenvalue weighted by Crippen LogP contribution is -2.34. The highest BCUT2D eigenvalue weighted by Crippen LogP contribution is 1.89. The van der Waals surface area contributed by atoms with Gasteiger partial charge in [-0.1, -0.05) is 13.5 Å². The minimum atomic E-state index is -0.746. The third-order valence-electron chi connectivity index (χ3n) is 1.07. The molecule has 0 aliphatic carbocycles. The number of aliphatic hydroxyl groups is 1. The third kappa shape index (κ3) is 3.25. The fourth-order valence-electron chi connectivity index (χ4n) is 0.377. The number of carbonyl (C=O) groups is 1. The van der Waals surface area contributed by atoms with Crippen LogP contribution in [0.1, 0.15) is 20.3 Å². The molecule has 1 amide bonds. The number of carbonyl (C=O) groups excluding carboxylic acids is 1. The Morgan fingerprint density at radius 2 is 2.30 bits per heavy atom. The molecule has 0 bridgehead atoms. The predicted molar refractivity (Wildman–Crippen MR) is 39.3 cm³/mol. The summed E-state index contributed by atoms with van der Waals surface area (Å²) in [6, 6.07) is 0. The summed E-state index contributed by atoms with van der Waals surface area (Å²) in [5, 5.41) is 11.3. The van der Waals surface area contributed by atoms with E-state index in [1.807, 2.05) is 0 Å². The van der Waals surface area contributed by atoms with Gasteiger partial charge < -0.3 is 10.4 Å². The van der Waals surface area contributed by atoms with Gasteiger partial charge in [0, 0.05) is 5.57 Å². The van der Waals surface area contributed by atoms with E-state index in [2.05, 4.69) is 11.9 Å². The van der Waals surface area contributed by atoms with E-state index in [9.17, 15) is 4.79 Å². The Morgan fingerprint density at radius 3 is 2.60 bits per heavy atom. The number of rotatable bonds is 3. The Kier molecular flexibility index (Phi) is 3.72. The fourth-order valence-corrected chi connectivity index (χ4v) is 0.377. The maximum Gasteiger partial charge on any atom is 0.248 e. The average molecular weight is 143 g/mol. The Bertz CT molecular complexity index is 143. The maximum absolute atomic E-state index is 10.7. The third-order valence-corrected chi connectivity index (χ3v) is 1.07. The maximum atomic E-state index is 10.7. The van der Waals surface area contributed by atoms with E-state index in [4.69, 9.17) is 5.11 Å². The molecule has 0 fully saturated rings. The number of amides is 1. The first-order chi connectivity index (χ1) is 4.57. The Labute approximate surface area is 60.7 Å². The smallest absolute Gasteiger partial charge is 0.248 e. The Balaban J connectivity index is 3.68. The van der Waals surface area contributed by atoms with E-state index in [1.54, 1.807) is 13.8 Å². The van der Waals surface area contributed by atoms with Crippen LogP contribution in [-0.4, -0.2) is 17.2 Å². The van der Waals surface area contributed by atoms with Crippen LogP contribution in [0.4, 0.5) is 0 Å². The summed E-state index contributed by atoms with van der Waals surface area (Å²) in [4.78, 5) is 10.7. The normalized spacial score (nSPS) is 12.3. The van der Waals surface area contributed by atoms with Crippen molar-refractivity contribution in [1.29, 1.82) is 0 Å². The summed E-state index contributed by atoms with van der Waals surface area (Å²) in [5.41, 5.74) is 0.410. The van der Waals surface area contributed by atoms with Crippen molar-refractivity contribution < 1.29 is 9.90 Å². The second-order valence-corrected chi connectivity index (χ2v) is 2.18. The summed E-state index contributed by atoms with van der Waals surface area (Å²) in [6.07, 6.45) is -0.233. The van der Waals surface area contributed by atoms with E-state index < -0.39 is 6.23 Å². The topological polar surface area (TPSA) is 49.3 Å². The molecule has 0 saturated carbocycles. The van der Waals surface area contributed by atoms with Crippen molar-refractivity contribution in [1.82, 2.24) is 5.32 Å². The van der Waals surface area contributed by atoms with Crippen LogP contribution in [0.25, 0.3) is 0 Å². The Morgan fingerprint density at radius 1 is 1.80 bits per heavy atom. The largest absolute Gasteiger partial charge is 0.374 e. The highest BCUT2D eigenvalue weighted by Gasteiger charge is 2.05. The minimum Gasteiger partial charge on any atom is -0.374 e. The van der Waals surface area contributed by atoms with Crippen LogP contribution < -0.4 is 5.32 Å². The standard InChI is InChI=1S/C7H13NO2/c1-4-6(9)8-7(10)5(2)3/h6,9H,2,4H2,1,3H3,(H,8,10). The van der Waals surface area contributed by atoms with Gasteiger partial charge in [-0.2, -0.15) is 0 Å². The van der Waals surface area contributed by atoms with Crippen LogP contribution in [0.15, 0.2) is 12.2 Å².